The molecule has 1 atom stereocenters. The SMILES string of the molecule is CN(C)C(=O)C(CC1CCCCC1)N(C=O)CC1COC1. The van der Waals surface area contributed by atoms with Crippen LogP contribution in [0, 0.1) is 11.8 Å². The molecule has 1 saturated heterocycles. The summed E-state index contributed by atoms with van der Waals surface area (Å²) in [6.45, 7) is 2.05. The summed E-state index contributed by atoms with van der Waals surface area (Å²) in [4.78, 5) is 27.3. The molecule has 2 aliphatic rings. The second-order valence-electron chi connectivity index (χ2n) is 6.69. The molecule has 1 heterocycles. The lowest BCUT2D eigenvalue weighted by Gasteiger charge is -2.37. The Morgan fingerprint density at radius 3 is 2.33 bits per heavy atom. The predicted octanol–water partition coefficient (Wildman–Crippen LogP) is 1.52. The van der Waals surface area contributed by atoms with Gasteiger partial charge in [-0.1, -0.05) is 32.1 Å². The van der Waals surface area contributed by atoms with Gasteiger partial charge in [-0.25, -0.2) is 0 Å². The molecule has 21 heavy (non-hydrogen) atoms. The fourth-order valence-electron chi connectivity index (χ4n) is 3.35. The van der Waals surface area contributed by atoms with Gasteiger partial charge in [0.2, 0.25) is 12.3 Å². The van der Waals surface area contributed by atoms with Crippen LogP contribution in [0.1, 0.15) is 38.5 Å². The van der Waals surface area contributed by atoms with Gasteiger partial charge in [0.25, 0.3) is 0 Å². The van der Waals surface area contributed by atoms with Crippen LogP contribution in [0.25, 0.3) is 0 Å². The molecule has 0 aromatic carbocycles. The van der Waals surface area contributed by atoms with Gasteiger partial charge in [0.05, 0.1) is 13.2 Å². The van der Waals surface area contributed by atoms with Crippen LogP contribution < -0.4 is 0 Å². The molecular weight excluding hydrogens is 268 g/mol. The van der Waals surface area contributed by atoms with Gasteiger partial charge in [-0.3, -0.25) is 9.59 Å². The number of nitrogens with zero attached hydrogens (tertiary/aromatic N) is 2. The Hall–Kier alpha value is -1.10. The monoisotopic (exact) mass is 296 g/mol. The third-order valence-corrected chi connectivity index (χ3v) is 4.72. The summed E-state index contributed by atoms with van der Waals surface area (Å²) in [5.41, 5.74) is 0. The molecule has 0 aromatic rings. The average Bonchev–Trinajstić information content (AvgIpc) is 2.45. The summed E-state index contributed by atoms with van der Waals surface area (Å²) in [6, 6.07) is -0.304. The molecule has 2 fully saturated rings. The van der Waals surface area contributed by atoms with Gasteiger partial charge in [0.1, 0.15) is 6.04 Å². The summed E-state index contributed by atoms with van der Waals surface area (Å²) in [7, 11) is 3.54. The summed E-state index contributed by atoms with van der Waals surface area (Å²) >= 11 is 0. The van der Waals surface area contributed by atoms with Crippen LogP contribution >= 0.6 is 0 Å². The average molecular weight is 296 g/mol. The molecule has 2 rings (SSSR count). The van der Waals surface area contributed by atoms with E-state index in [1.165, 1.54) is 32.1 Å². The normalized spacial score (nSPS) is 21.4. The van der Waals surface area contributed by atoms with E-state index in [1.807, 2.05) is 0 Å². The van der Waals surface area contributed by atoms with Crippen LogP contribution in [-0.4, -0.2) is 62.0 Å². The van der Waals surface area contributed by atoms with E-state index in [4.69, 9.17) is 4.74 Å². The highest BCUT2D eigenvalue weighted by Crippen LogP contribution is 2.29. The van der Waals surface area contributed by atoms with E-state index in [9.17, 15) is 9.59 Å². The first-order valence-electron chi connectivity index (χ1n) is 8.11. The maximum absolute atomic E-state index is 12.5. The third-order valence-electron chi connectivity index (χ3n) is 4.72. The molecule has 2 amide bonds. The van der Waals surface area contributed by atoms with Crippen molar-refractivity contribution in [2.24, 2.45) is 11.8 Å². The van der Waals surface area contributed by atoms with E-state index in [0.717, 1.165) is 12.8 Å². The van der Waals surface area contributed by atoms with Crippen molar-refractivity contribution in [1.82, 2.24) is 9.80 Å². The van der Waals surface area contributed by atoms with Crippen LogP contribution in [-0.2, 0) is 14.3 Å². The highest BCUT2D eigenvalue weighted by Gasteiger charge is 2.32. The van der Waals surface area contributed by atoms with E-state index in [2.05, 4.69) is 0 Å². The maximum Gasteiger partial charge on any atom is 0.244 e. The number of amides is 2. The lowest BCUT2D eigenvalue weighted by Crippen LogP contribution is -2.50. The van der Waals surface area contributed by atoms with Crippen molar-refractivity contribution in [1.29, 1.82) is 0 Å². The zero-order chi connectivity index (χ0) is 15.2. The highest BCUT2D eigenvalue weighted by molar-refractivity contribution is 5.83. The lowest BCUT2D eigenvalue weighted by atomic mass is 9.84. The Morgan fingerprint density at radius 2 is 1.86 bits per heavy atom. The smallest absolute Gasteiger partial charge is 0.244 e. The standard InChI is InChI=1S/C16H28N2O3/c1-17(2)16(20)15(8-13-6-4-3-5-7-13)18(12-19)9-14-10-21-11-14/h12-15H,3-11H2,1-2H3. The Bertz CT molecular complexity index is 349. The van der Waals surface area contributed by atoms with Crippen LogP contribution in [0.3, 0.4) is 0 Å². The molecule has 1 unspecified atom stereocenters. The van der Waals surface area contributed by atoms with Crippen LogP contribution in [0.5, 0.6) is 0 Å². The predicted molar refractivity (Wildman–Crippen MR) is 80.8 cm³/mol. The number of carbonyl (C=O) groups is 2. The van der Waals surface area contributed by atoms with Crippen LogP contribution in [0.2, 0.25) is 0 Å². The van der Waals surface area contributed by atoms with E-state index < -0.39 is 0 Å². The first-order valence-corrected chi connectivity index (χ1v) is 8.11. The van der Waals surface area contributed by atoms with Crippen molar-refractivity contribution in [3.63, 3.8) is 0 Å². The fraction of sp³-hybridized carbons (Fsp3) is 0.875. The van der Waals surface area contributed by atoms with E-state index in [-0.39, 0.29) is 11.9 Å². The number of hydrogen-bond acceptors (Lipinski definition) is 3. The van der Waals surface area contributed by atoms with Gasteiger partial charge in [-0.15, -0.1) is 0 Å². The first kappa shape index (κ1) is 16.3. The summed E-state index contributed by atoms with van der Waals surface area (Å²) < 4.78 is 5.18. The molecule has 1 aliphatic carbocycles. The minimum Gasteiger partial charge on any atom is -0.381 e. The molecule has 1 saturated carbocycles. The van der Waals surface area contributed by atoms with Crippen molar-refractivity contribution in [3.05, 3.63) is 0 Å². The van der Waals surface area contributed by atoms with Gasteiger partial charge in [-0.05, 0) is 12.3 Å². The molecule has 0 spiro atoms. The highest BCUT2D eigenvalue weighted by atomic mass is 16.5. The van der Waals surface area contributed by atoms with Crippen LogP contribution in [0.15, 0.2) is 0 Å². The number of likely N-dealkylation sites (N-methyl/N-ethyl adjacent to an activating group) is 1. The molecule has 0 bridgehead atoms. The molecule has 0 radical (unpaired) electrons. The largest absolute Gasteiger partial charge is 0.381 e. The van der Waals surface area contributed by atoms with Gasteiger partial charge >= 0.3 is 0 Å². The van der Waals surface area contributed by atoms with Gasteiger partial charge < -0.3 is 14.5 Å². The molecule has 0 aromatic heterocycles. The van der Waals surface area contributed by atoms with E-state index in [0.29, 0.717) is 31.6 Å². The zero-order valence-corrected chi connectivity index (χ0v) is 13.3. The second-order valence-corrected chi connectivity index (χ2v) is 6.69. The molecule has 5 heteroatoms. The van der Waals surface area contributed by atoms with Gasteiger partial charge in [0.15, 0.2) is 0 Å². The third kappa shape index (κ3) is 4.43. The topological polar surface area (TPSA) is 49.9 Å². The van der Waals surface area contributed by atoms with Crippen molar-refractivity contribution >= 4 is 12.3 Å². The molecule has 120 valence electrons. The summed E-state index contributed by atoms with van der Waals surface area (Å²) in [5.74, 6) is 1.01. The van der Waals surface area contributed by atoms with Crippen molar-refractivity contribution in [3.8, 4) is 0 Å². The minimum absolute atomic E-state index is 0.0490. The quantitative estimate of drug-likeness (QED) is 0.669. The van der Waals surface area contributed by atoms with Crippen molar-refractivity contribution in [2.45, 2.75) is 44.6 Å². The fourth-order valence-corrected chi connectivity index (χ4v) is 3.35. The minimum atomic E-state index is -0.304. The summed E-state index contributed by atoms with van der Waals surface area (Å²) in [5, 5.41) is 0. The first-order chi connectivity index (χ1) is 10.1. The molecular formula is C16H28N2O3. The Balaban J connectivity index is 2.01. The van der Waals surface area contributed by atoms with E-state index in [1.54, 1.807) is 23.9 Å². The van der Waals surface area contributed by atoms with Crippen LogP contribution in [0.4, 0.5) is 0 Å². The number of rotatable bonds is 7. The zero-order valence-electron chi connectivity index (χ0n) is 13.3. The Kier molecular flexibility index (Phi) is 6.03. The summed E-state index contributed by atoms with van der Waals surface area (Å²) in [6.07, 6.45) is 7.86. The lowest BCUT2D eigenvalue weighted by molar-refractivity contribution is -0.142. The number of hydrogen-bond donors (Lipinski definition) is 0. The molecule has 1 aliphatic heterocycles. The Morgan fingerprint density at radius 1 is 1.19 bits per heavy atom. The van der Waals surface area contributed by atoms with Gasteiger partial charge in [0, 0.05) is 26.6 Å². The van der Waals surface area contributed by atoms with Crippen molar-refractivity contribution < 1.29 is 14.3 Å². The number of carbonyl (C=O) groups excluding carboxylic acids is 2. The second kappa shape index (κ2) is 7.78. The molecule has 5 nitrogen and oxygen atoms in total. The van der Waals surface area contributed by atoms with Crippen molar-refractivity contribution in [2.75, 3.05) is 33.9 Å². The number of ether oxygens (including phenoxy) is 1. The maximum atomic E-state index is 12.5. The molecule has 0 N–H and O–H groups in total. The Labute approximate surface area is 127 Å². The van der Waals surface area contributed by atoms with E-state index >= 15 is 0 Å². The van der Waals surface area contributed by atoms with Gasteiger partial charge in [-0.2, -0.15) is 0 Å².